The van der Waals surface area contributed by atoms with E-state index in [0.717, 1.165) is 23.1 Å². The molecule has 1 radical (unpaired) electrons. The van der Waals surface area contributed by atoms with Crippen molar-refractivity contribution in [3.05, 3.63) is 59.2 Å². The van der Waals surface area contributed by atoms with Gasteiger partial charge in [-0.2, -0.15) is 26.9 Å². The second-order valence-electron chi connectivity index (χ2n) is 5.29. The van der Waals surface area contributed by atoms with Gasteiger partial charge in [0.25, 0.3) is 0 Å². The minimum absolute atomic E-state index is 0.124. The maximum Gasteiger partial charge on any atom is 0.534 e. The van der Waals surface area contributed by atoms with E-state index in [1.165, 1.54) is 24.3 Å². The summed E-state index contributed by atoms with van der Waals surface area (Å²) in [5.41, 5.74) is -5.63. The molecular formula is C16H7F3N2O5S+. The summed E-state index contributed by atoms with van der Waals surface area (Å²) < 4.78 is 63.4. The van der Waals surface area contributed by atoms with Gasteiger partial charge in [-0.3, -0.25) is 0 Å². The number of fused-ring (bicyclic) bond motifs is 1. The molecular weight excluding hydrogens is 389 g/mol. The van der Waals surface area contributed by atoms with Crippen LogP contribution in [-0.2, 0) is 10.1 Å². The van der Waals surface area contributed by atoms with Gasteiger partial charge in [-0.1, -0.05) is 0 Å². The number of imide groups is 1. The number of rotatable bonds is 3. The predicted octanol–water partition coefficient (Wildman–Crippen LogP) is 2.55. The van der Waals surface area contributed by atoms with Crippen molar-refractivity contribution in [1.29, 1.82) is 5.26 Å². The number of nitrogens with zero attached hydrogens (tertiary/aromatic N) is 2. The molecule has 3 rings (SSSR count). The number of anilines is 1. The van der Waals surface area contributed by atoms with Gasteiger partial charge in [0.15, 0.2) is 5.69 Å². The van der Waals surface area contributed by atoms with Gasteiger partial charge in [0, 0.05) is 23.1 Å². The molecule has 1 heterocycles. The van der Waals surface area contributed by atoms with Crippen molar-refractivity contribution in [2.45, 2.75) is 5.51 Å². The first kappa shape index (κ1) is 18.6. The quantitative estimate of drug-likeness (QED) is 0.342. The summed E-state index contributed by atoms with van der Waals surface area (Å²) >= 11 is 0. The van der Waals surface area contributed by atoms with Crippen molar-refractivity contribution in [3.63, 3.8) is 0 Å². The molecule has 11 heteroatoms. The molecule has 0 fully saturated rings. The van der Waals surface area contributed by atoms with E-state index in [4.69, 9.17) is 5.26 Å². The smallest absolute Gasteiger partial charge is 0.376 e. The highest BCUT2D eigenvalue weighted by Crippen LogP contribution is 2.32. The molecule has 0 aliphatic carbocycles. The Bertz CT molecular complexity index is 1100. The molecule has 2 aromatic carbocycles. The van der Waals surface area contributed by atoms with E-state index in [1.807, 2.05) is 6.07 Å². The second kappa shape index (κ2) is 6.19. The molecule has 0 saturated carbocycles. The topological polar surface area (TPSA) is 107 Å². The summed E-state index contributed by atoms with van der Waals surface area (Å²) in [5.74, 6) is -2.37. The number of amides is 2. The van der Waals surface area contributed by atoms with Crippen molar-refractivity contribution in [1.82, 2.24) is 4.90 Å². The van der Waals surface area contributed by atoms with Gasteiger partial charge < -0.3 is 4.18 Å². The third kappa shape index (κ3) is 3.16. The lowest BCUT2D eigenvalue weighted by molar-refractivity contribution is -0.0500. The first-order valence-electron chi connectivity index (χ1n) is 7.09. The van der Waals surface area contributed by atoms with Gasteiger partial charge in [-0.25, -0.2) is 9.59 Å². The Kier molecular flexibility index (Phi) is 4.25. The second-order valence-corrected chi connectivity index (χ2v) is 6.83. The molecule has 0 bridgehead atoms. The highest BCUT2D eigenvalue weighted by Gasteiger charge is 2.51. The van der Waals surface area contributed by atoms with Crippen LogP contribution in [0.15, 0.2) is 42.5 Å². The van der Waals surface area contributed by atoms with Crippen LogP contribution in [-0.4, -0.2) is 25.7 Å². The van der Waals surface area contributed by atoms with E-state index < -0.39 is 33.2 Å². The van der Waals surface area contributed by atoms with Crippen LogP contribution in [0.5, 0.6) is 5.75 Å². The van der Waals surface area contributed by atoms with Crippen LogP contribution < -0.4 is 9.08 Å². The number of hydrogen-bond donors (Lipinski definition) is 0. The van der Waals surface area contributed by atoms with Gasteiger partial charge >= 0.3 is 27.4 Å². The van der Waals surface area contributed by atoms with E-state index in [1.54, 1.807) is 0 Å². The largest absolute Gasteiger partial charge is 0.534 e. The lowest BCUT2D eigenvalue weighted by Crippen LogP contribution is -2.30. The first-order valence-corrected chi connectivity index (χ1v) is 8.50. The predicted molar refractivity (Wildman–Crippen MR) is 83.7 cm³/mol. The Labute approximate surface area is 150 Å². The molecule has 1 aliphatic rings. The summed E-state index contributed by atoms with van der Waals surface area (Å²) in [6.07, 6.45) is 0. The van der Waals surface area contributed by atoms with Crippen LogP contribution >= 0.6 is 0 Å². The van der Waals surface area contributed by atoms with Gasteiger partial charge in [0.05, 0.1) is 11.6 Å². The molecule has 7 nitrogen and oxygen atoms in total. The average molecular weight is 396 g/mol. The molecule has 27 heavy (non-hydrogen) atoms. The number of carbonyl (C=O) groups is 2. The Morgan fingerprint density at radius 2 is 1.56 bits per heavy atom. The zero-order valence-electron chi connectivity index (χ0n) is 13.0. The number of alkyl halides is 3. The first-order chi connectivity index (χ1) is 12.5. The molecule has 0 unspecified atom stereocenters. The van der Waals surface area contributed by atoms with Crippen LogP contribution in [0.25, 0.3) is 0 Å². The van der Waals surface area contributed by atoms with Crippen molar-refractivity contribution in [3.8, 4) is 11.8 Å². The fourth-order valence-electron chi connectivity index (χ4n) is 2.37. The van der Waals surface area contributed by atoms with Crippen LogP contribution in [0.3, 0.4) is 0 Å². The summed E-state index contributed by atoms with van der Waals surface area (Å²) in [5, 5.41) is 8.78. The third-order valence-corrected chi connectivity index (χ3v) is 4.58. The standard InChI is InChI=1S/C16H7F3N2O5S/c17-16(18,19)27(24,25)26-11-5-6-12-13(7-11)15(23)21(14(12)22)10-3-1-9(8-20)2-4-10/h1-7H/q+1. The van der Waals surface area contributed by atoms with E-state index >= 15 is 0 Å². The number of halogens is 3. The van der Waals surface area contributed by atoms with Gasteiger partial charge in [-0.05, 0) is 24.3 Å². The van der Waals surface area contributed by atoms with E-state index in [-0.39, 0.29) is 16.8 Å². The normalized spacial score (nSPS) is 14.7. The van der Waals surface area contributed by atoms with Gasteiger partial charge in [0.2, 0.25) is 0 Å². The lowest BCUT2D eigenvalue weighted by atomic mass is 10.1. The third-order valence-electron chi connectivity index (χ3n) is 3.60. The van der Waals surface area contributed by atoms with E-state index in [0.29, 0.717) is 5.56 Å². The van der Waals surface area contributed by atoms with Crippen molar-refractivity contribution in [2.75, 3.05) is 0 Å². The molecule has 0 spiro atoms. The minimum atomic E-state index is -5.91. The Balaban J connectivity index is 1.96. The minimum Gasteiger partial charge on any atom is -0.376 e. The maximum absolute atomic E-state index is 12.5. The van der Waals surface area contributed by atoms with E-state index in [9.17, 15) is 31.2 Å². The van der Waals surface area contributed by atoms with Crippen LogP contribution in [0.4, 0.5) is 18.9 Å². The molecule has 2 amide bonds. The van der Waals surface area contributed by atoms with Gasteiger partial charge in [0.1, 0.15) is 16.9 Å². The Hall–Kier alpha value is -3.23. The fraction of sp³-hybridized carbons (Fsp3) is 0.0625. The highest BCUT2D eigenvalue weighted by atomic mass is 32.2. The van der Waals surface area contributed by atoms with Gasteiger partial charge in [-0.15, -0.1) is 0 Å². The summed E-state index contributed by atoms with van der Waals surface area (Å²) in [6, 6.07) is 9.93. The number of benzene rings is 2. The summed E-state index contributed by atoms with van der Waals surface area (Å²) in [4.78, 5) is 25.7. The van der Waals surface area contributed by atoms with Crippen LogP contribution in [0, 0.1) is 11.3 Å². The average Bonchev–Trinajstić information content (AvgIpc) is 2.84. The Morgan fingerprint density at radius 3 is 2.11 bits per heavy atom. The molecule has 0 aromatic heterocycles. The maximum atomic E-state index is 12.5. The lowest BCUT2D eigenvalue weighted by Gasteiger charge is -2.09. The fourth-order valence-corrected chi connectivity index (χ4v) is 2.82. The summed E-state index contributed by atoms with van der Waals surface area (Å²) in [6.45, 7) is 0. The highest BCUT2D eigenvalue weighted by molar-refractivity contribution is 7.88. The van der Waals surface area contributed by atoms with E-state index in [2.05, 4.69) is 4.18 Å². The molecule has 1 aliphatic heterocycles. The molecule has 0 saturated heterocycles. The Morgan fingerprint density at radius 1 is 0.963 bits per heavy atom. The van der Waals surface area contributed by atoms with Crippen molar-refractivity contribution in [2.24, 2.45) is 0 Å². The van der Waals surface area contributed by atoms with Crippen LogP contribution in [0.1, 0.15) is 26.3 Å². The van der Waals surface area contributed by atoms with Crippen LogP contribution in [0.2, 0.25) is 0 Å². The number of nitriles is 1. The molecule has 0 atom stereocenters. The van der Waals surface area contributed by atoms with Crippen molar-refractivity contribution >= 4 is 27.6 Å². The SMILES string of the molecule is N#Cc1ccc([N+]2C(=O)c3ccc(OS(=O)(=O)C(F)(F)F)cc3C2=O)cc1. The number of hydrogen-bond acceptors (Lipinski definition) is 6. The molecule has 2 aromatic rings. The zero-order valence-corrected chi connectivity index (χ0v) is 13.8. The summed E-state index contributed by atoms with van der Waals surface area (Å²) in [7, 11) is -5.91. The number of carbonyl (C=O) groups excluding carboxylic acids is 2. The van der Waals surface area contributed by atoms with Crippen molar-refractivity contribution < 1.29 is 35.4 Å². The molecule has 0 N–H and O–H groups in total. The monoisotopic (exact) mass is 396 g/mol. The zero-order chi connectivity index (χ0) is 20.0. The molecule has 137 valence electrons.